The molecule has 0 heterocycles. The van der Waals surface area contributed by atoms with Crippen LogP contribution in [-0.4, -0.2) is 18.1 Å². The van der Waals surface area contributed by atoms with Gasteiger partial charge in [-0.1, -0.05) is 6.07 Å². The Balaban J connectivity index is 2.72. The highest BCUT2D eigenvalue weighted by atomic mass is 19.4. The van der Waals surface area contributed by atoms with E-state index in [1.54, 1.807) is 0 Å². The highest BCUT2D eigenvalue weighted by Crippen LogP contribution is 2.36. The molecule has 9 heteroatoms. The Morgan fingerprint density at radius 3 is 2.11 bits per heavy atom. The molecule has 0 aliphatic carbocycles. The van der Waals surface area contributed by atoms with Crippen molar-refractivity contribution in [2.45, 2.75) is 18.7 Å². The number of halogens is 7. The van der Waals surface area contributed by atoms with Crippen LogP contribution in [0.15, 0.2) is 18.2 Å². The van der Waals surface area contributed by atoms with Crippen molar-refractivity contribution in [2.24, 2.45) is 0 Å². The monoisotopic (exact) mass is 290 g/mol. The van der Waals surface area contributed by atoms with Crippen molar-refractivity contribution >= 4 is 5.97 Å². The molecule has 0 spiro atoms. The van der Waals surface area contributed by atoms with Crippen molar-refractivity contribution in [3.8, 4) is 0 Å². The summed E-state index contributed by atoms with van der Waals surface area (Å²) in [4.78, 5) is 10.6. The van der Waals surface area contributed by atoms with Gasteiger partial charge in [-0.25, -0.2) is 13.6 Å². The molecule has 0 aromatic heterocycles. The molecule has 2 nitrogen and oxygen atoms in total. The summed E-state index contributed by atoms with van der Waals surface area (Å²) in [6.45, 7) is -1.04. The van der Waals surface area contributed by atoms with E-state index in [0.717, 1.165) is 6.07 Å². The fraction of sp³-hybridized carbons (Fsp3) is 0.300. The van der Waals surface area contributed by atoms with Gasteiger partial charge >= 0.3 is 18.1 Å². The minimum absolute atomic E-state index is 0.273. The number of hydrogen-bond acceptors (Lipinski definition) is 2. The van der Waals surface area contributed by atoms with Gasteiger partial charge in [0.1, 0.15) is 6.61 Å². The molecule has 1 rings (SSSR count). The largest absolute Gasteiger partial charge is 0.465 e. The van der Waals surface area contributed by atoms with E-state index in [9.17, 15) is 35.5 Å². The highest BCUT2D eigenvalue weighted by molar-refractivity contribution is 5.78. The van der Waals surface area contributed by atoms with E-state index in [2.05, 4.69) is 4.74 Å². The lowest BCUT2D eigenvalue weighted by molar-refractivity contribution is -0.281. The van der Waals surface area contributed by atoms with Gasteiger partial charge in [0, 0.05) is 0 Å². The van der Waals surface area contributed by atoms with Crippen LogP contribution in [0, 0.1) is 11.6 Å². The van der Waals surface area contributed by atoms with E-state index in [-0.39, 0.29) is 5.56 Å². The average molecular weight is 290 g/mol. The van der Waals surface area contributed by atoms with Gasteiger partial charge in [-0.3, -0.25) is 0 Å². The maximum atomic E-state index is 12.7. The molecule has 106 valence electrons. The maximum Gasteiger partial charge on any atom is 0.465 e. The van der Waals surface area contributed by atoms with Gasteiger partial charge in [0.05, 0.1) is 0 Å². The number of benzene rings is 1. The summed E-state index contributed by atoms with van der Waals surface area (Å²) in [6.07, 6.45) is -6.09. The smallest absolute Gasteiger partial charge is 0.456 e. The Labute approximate surface area is 101 Å². The Morgan fingerprint density at radius 2 is 1.63 bits per heavy atom. The Kier molecular flexibility index (Phi) is 4.06. The number of rotatable bonds is 3. The van der Waals surface area contributed by atoms with Crippen LogP contribution in [0.3, 0.4) is 0 Å². The zero-order chi connectivity index (χ0) is 14.8. The zero-order valence-corrected chi connectivity index (χ0v) is 8.90. The number of esters is 1. The molecular formula is C10H5F7O2. The number of carbonyl (C=O) groups is 1. The van der Waals surface area contributed by atoms with Crippen LogP contribution < -0.4 is 0 Å². The van der Waals surface area contributed by atoms with Crippen molar-refractivity contribution in [3.63, 3.8) is 0 Å². The first-order valence-electron chi connectivity index (χ1n) is 4.61. The summed E-state index contributed by atoms with van der Waals surface area (Å²) >= 11 is 0. The Morgan fingerprint density at radius 1 is 1.05 bits per heavy atom. The summed E-state index contributed by atoms with van der Waals surface area (Å²) in [6, 6.07) is 1.99. The number of ether oxygens (including phenoxy) is 1. The Bertz CT molecular complexity index is 481. The maximum absolute atomic E-state index is 12.7. The lowest BCUT2D eigenvalue weighted by Crippen LogP contribution is -2.45. The topological polar surface area (TPSA) is 26.3 Å². The number of hydrogen-bond donors (Lipinski definition) is 0. The van der Waals surface area contributed by atoms with Crippen molar-refractivity contribution in [2.75, 3.05) is 0 Å². The summed E-state index contributed by atoms with van der Waals surface area (Å²) in [5.41, 5.74) is -0.273. The first kappa shape index (κ1) is 15.3. The molecule has 19 heavy (non-hydrogen) atoms. The van der Waals surface area contributed by atoms with E-state index in [1.807, 2.05) is 0 Å². The molecule has 0 amide bonds. The van der Waals surface area contributed by atoms with Gasteiger partial charge < -0.3 is 4.74 Å². The van der Waals surface area contributed by atoms with Crippen LogP contribution in [0.5, 0.6) is 0 Å². The minimum Gasteiger partial charge on any atom is -0.456 e. The van der Waals surface area contributed by atoms with Crippen molar-refractivity contribution in [1.29, 1.82) is 0 Å². The van der Waals surface area contributed by atoms with Crippen LogP contribution in [0.25, 0.3) is 0 Å². The standard InChI is InChI=1S/C10H5F7O2/c11-6-2-1-5(3-7(6)12)4-19-8(18)9(13,14)10(15,16)17/h1-3H,4H2. The first-order chi connectivity index (χ1) is 8.55. The van der Waals surface area contributed by atoms with Gasteiger partial charge in [-0.2, -0.15) is 22.0 Å². The molecule has 0 aliphatic heterocycles. The fourth-order valence-corrected chi connectivity index (χ4v) is 0.985. The van der Waals surface area contributed by atoms with E-state index >= 15 is 0 Å². The predicted octanol–water partition coefficient (Wildman–Crippen LogP) is 3.21. The number of carbonyl (C=O) groups excluding carboxylic acids is 1. The third-order valence-corrected chi connectivity index (χ3v) is 1.97. The molecule has 0 aliphatic rings. The molecule has 0 radical (unpaired) electrons. The van der Waals surface area contributed by atoms with Gasteiger partial charge in [-0.05, 0) is 17.7 Å². The molecule has 0 N–H and O–H groups in total. The third-order valence-electron chi connectivity index (χ3n) is 1.97. The summed E-state index contributed by atoms with van der Waals surface area (Å²) in [5, 5.41) is 0. The minimum atomic E-state index is -6.09. The molecular weight excluding hydrogens is 285 g/mol. The van der Waals surface area contributed by atoms with Crippen LogP contribution in [-0.2, 0) is 16.1 Å². The Hall–Kier alpha value is -1.80. The van der Waals surface area contributed by atoms with E-state index < -0.39 is 36.3 Å². The van der Waals surface area contributed by atoms with Crippen LogP contribution in [0.4, 0.5) is 30.7 Å². The van der Waals surface area contributed by atoms with Crippen LogP contribution in [0.1, 0.15) is 5.56 Å². The van der Waals surface area contributed by atoms with E-state index in [1.165, 1.54) is 0 Å². The first-order valence-corrected chi connectivity index (χ1v) is 4.61. The second-order valence-electron chi connectivity index (χ2n) is 3.40. The van der Waals surface area contributed by atoms with Crippen molar-refractivity contribution < 1.29 is 40.3 Å². The molecule has 0 saturated carbocycles. The molecule has 0 fully saturated rings. The third kappa shape index (κ3) is 3.36. The van der Waals surface area contributed by atoms with Gasteiger partial charge in [-0.15, -0.1) is 0 Å². The van der Waals surface area contributed by atoms with Gasteiger partial charge in [0.15, 0.2) is 11.6 Å². The van der Waals surface area contributed by atoms with Crippen LogP contribution in [0.2, 0.25) is 0 Å². The van der Waals surface area contributed by atoms with Crippen molar-refractivity contribution in [1.82, 2.24) is 0 Å². The molecule has 1 aromatic rings. The van der Waals surface area contributed by atoms with Crippen LogP contribution >= 0.6 is 0 Å². The van der Waals surface area contributed by atoms with E-state index in [4.69, 9.17) is 0 Å². The quantitative estimate of drug-likeness (QED) is 0.631. The second-order valence-corrected chi connectivity index (χ2v) is 3.40. The molecule has 0 unspecified atom stereocenters. The summed E-state index contributed by atoms with van der Waals surface area (Å²) in [5.74, 6) is -11.1. The predicted molar refractivity (Wildman–Crippen MR) is 47.2 cm³/mol. The van der Waals surface area contributed by atoms with E-state index in [0.29, 0.717) is 12.1 Å². The molecule has 0 saturated heterocycles. The normalized spacial score (nSPS) is 12.4. The number of alkyl halides is 5. The van der Waals surface area contributed by atoms with Crippen molar-refractivity contribution in [3.05, 3.63) is 35.4 Å². The average Bonchev–Trinajstić information content (AvgIpc) is 2.28. The summed E-state index contributed by atoms with van der Waals surface area (Å²) in [7, 11) is 0. The second kappa shape index (κ2) is 5.06. The molecule has 0 bridgehead atoms. The fourth-order valence-electron chi connectivity index (χ4n) is 0.985. The van der Waals surface area contributed by atoms with Gasteiger partial charge in [0.25, 0.3) is 0 Å². The lowest BCUT2D eigenvalue weighted by Gasteiger charge is -2.17. The zero-order valence-electron chi connectivity index (χ0n) is 8.90. The van der Waals surface area contributed by atoms with Gasteiger partial charge in [0.2, 0.25) is 0 Å². The molecule has 0 atom stereocenters. The molecule has 1 aromatic carbocycles. The highest BCUT2D eigenvalue weighted by Gasteiger charge is 2.64. The summed E-state index contributed by atoms with van der Waals surface area (Å²) < 4.78 is 89.1. The lowest BCUT2D eigenvalue weighted by atomic mass is 10.2. The SMILES string of the molecule is O=C(OCc1ccc(F)c(F)c1)C(F)(F)C(F)(F)F.